The van der Waals surface area contributed by atoms with Crippen molar-refractivity contribution in [2.75, 3.05) is 10.6 Å². The maximum absolute atomic E-state index is 16.4. The summed E-state index contributed by atoms with van der Waals surface area (Å²) in [7, 11) is 0. The second-order valence-corrected chi connectivity index (χ2v) is 21.2. The largest absolute Gasteiger partial charge is 0.443 e. The van der Waals surface area contributed by atoms with Crippen LogP contribution in [0.3, 0.4) is 0 Å². The van der Waals surface area contributed by atoms with Gasteiger partial charge in [-0.05, 0) is 88.8 Å². The number of alkyl halides is 2. The van der Waals surface area contributed by atoms with Gasteiger partial charge in [0.2, 0.25) is 5.95 Å². The molecule has 0 saturated heterocycles. The number of carbonyl (C=O) groups is 2. The summed E-state index contributed by atoms with van der Waals surface area (Å²) in [4.78, 5) is 44.3. The Kier molecular flexibility index (Phi) is 10.3. The van der Waals surface area contributed by atoms with Crippen LogP contribution in [0.15, 0.2) is 61.2 Å². The summed E-state index contributed by atoms with van der Waals surface area (Å²) in [5.74, 6) is 0.337. The number of hydrogen-bond donors (Lipinski definition) is 6. The molecule has 7 aromatic rings. The van der Waals surface area contributed by atoms with Crippen LogP contribution in [-0.2, 0) is 9.47 Å². The Balaban J connectivity index is 0.773. The van der Waals surface area contributed by atoms with E-state index in [4.69, 9.17) is 31.0 Å². The Morgan fingerprint density at radius 3 is 2.36 bits per heavy atom. The van der Waals surface area contributed by atoms with Gasteiger partial charge in [0, 0.05) is 82.8 Å². The minimum atomic E-state index is -1.49. The summed E-state index contributed by atoms with van der Waals surface area (Å²) in [6.07, 6.45) is 7.52. The highest BCUT2D eigenvalue weighted by molar-refractivity contribution is 6.31. The number of anilines is 4. The van der Waals surface area contributed by atoms with Crippen LogP contribution in [0.2, 0.25) is 5.02 Å². The molecule has 6 aromatic heterocycles. The molecule has 14 rings (SSSR count). The van der Waals surface area contributed by atoms with E-state index in [9.17, 15) is 19.2 Å². The molecule has 0 spiro atoms. The number of fused-ring (bicyclic) bond motifs is 2. The number of aromatic nitrogens is 10. The van der Waals surface area contributed by atoms with Gasteiger partial charge >= 0.3 is 24.0 Å². The Morgan fingerprint density at radius 1 is 0.903 bits per heavy atom. The van der Waals surface area contributed by atoms with E-state index >= 15 is 8.78 Å². The average Bonchev–Trinajstić information content (AvgIpc) is 3.74. The number of nitrogens with zero attached hydrogens (tertiary/aromatic N) is 9. The molecule has 7 aliphatic rings. The fraction of sp³-hybridized carbons (Fsp3) is 0.449. The van der Waals surface area contributed by atoms with E-state index in [2.05, 4.69) is 52.6 Å². The van der Waals surface area contributed by atoms with E-state index in [1.165, 1.54) is 12.1 Å². The Bertz CT molecular complexity index is 3360. The number of alkyl carbamates (subject to hydrolysis) is 2. The molecule has 6 heterocycles. The molecular formula is C49H48ClF3N15O4+. The second-order valence-electron chi connectivity index (χ2n) is 20.8. The highest BCUT2D eigenvalue weighted by Crippen LogP contribution is 2.57. The summed E-state index contributed by atoms with van der Waals surface area (Å²) >= 11 is 6.19. The summed E-state index contributed by atoms with van der Waals surface area (Å²) in [5, 5.41) is 33.3. The van der Waals surface area contributed by atoms with E-state index in [0.717, 1.165) is 37.7 Å². The zero-order chi connectivity index (χ0) is 49.2. The molecule has 23 heteroatoms. The SMILES string of the molecule is CC1(NC(=O)O[C@@H]2CC[C@H](c3cc(Nc4nc(-c5ccc(F)c(Cl)c5)cc5nccn45)[n+](C4CC4c4cnc(Nc5cc([C@@H]6CC[C@H](OC(=O)NC78CC(C7)C8)[C@@H]6F)[nH]n5)n5cc(C#N)nc45)[nH]3)[C@H]2F)CC1. The molecule has 2 bridgehead atoms. The van der Waals surface area contributed by atoms with Crippen LogP contribution in [0.5, 0.6) is 0 Å². The minimum Gasteiger partial charge on any atom is -0.443 e. The van der Waals surface area contributed by atoms with Crippen LogP contribution in [0.4, 0.5) is 46.3 Å². The van der Waals surface area contributed by atoms with Gasteiger partial charge in [0.05, 0.1) is 28.7 Å². The van der Waals surface area contributed by atoms with E-state index in [1.54, 1.807) is 51.8 Å². The van der Waals surface area contributed by atoms with Crippen molar-refractivity contribution in [3.8, 4) is 17.3 Å². The number of imidazole rings is 2. The number of carbonyl (C=O) groups excluding carboxylic acids is 2. The van der Waals surface area contributed by atoms with Crippen molar-refractivity contribution in [1.29, 1.82) is 5.26 Å². The zero-order valence-electron chi connectivity index (χ0n) is 38.7. The van der Waals surface area contributed by atoms with Crippen molar-refractivity contribution in [3.63, 3.8) is 0 Å². The molecule has 0 radical (unpaired) electrons. The lowest BCUT2D eigenvalue weighted by molar-refractivity contribution is -0.742. The van der Waals surface area contributed by atoms with Crippen molar-refractivity contribution >= 4 is 58.6 Å². The van der Waals surface area contributed by atoms with Crippen molar-refractivity contribution in [2.45, 2.75) is 131 Å². The molecule has 8 atom stereocenters. The first-order valence-electron chi connectivity index (χ1n) is 24.4. The first-order chi connectivity index (χ1) is 34.8. The molecule has 2 amide bonds. The lowest BCUT2D eigenvalue weighted by atomic mass is 9.50. The third kappa shape index (κ3) is 7.88. The number of benzene rings is 1. The lowest BCUT2D eigenvalue weighted by Crippen LogP contribution is -2.68. The Morgan fingerprint density at radius 2 is 1.65 bits per heavy atom. The van der Waals surface area contributed by atoms with Crippen LogP contribution < -0.4 is 25.9 Å². The summed E-state index contributed by atoms with van der Waals surface area (Å²) in [6.45, 7) is 1.93. The van der Waals surface area contributed by atoms with Crippen LogP contribution in [0.1, 0.15) is 118 Å². The summed E-state index contributed by atoms with van der Waals surface area (Å²) < 4.78 is 63.0. The molecule has 6 N–H and O–H groups in total. The predicted octanol–water partition coefficient (Wildman–Crippen LogP) is 8.38. The van der Waals surface area contributed by atoms with Gasteiger partial charge in [0.25, 0.3) is 0 Å². The molecule has 1 aromatic carbocycles. The molecule has 7 aliphatic carbocycles. The molecule has 2 unspecified atom stereocenters. The number of H-pyrrole nitrogens is 2. The zero-order valence-corrected chi connectivity index (χ0v) is 39.5. The lowest BCUT2D eigenvalue weighted by Gasteiger charge is -2.61. The van der Waals surface area contributed by atoms with Crippen LogP contribution >= 0.6 is 11.6 Å². The van der Waals surface area contributed by atoms with Gasteiger partial charge < -0.3 is 25.4 Å². The van der Waals surface area contributed by atoms with Gasteiger partial charge in [-0.25, -0.2) is 52.5 Å². The van der Waals surface area contributed by atoms with Crippen LogP contribution in [0, 0.1) is 23.1 Å². The first-order valence-corrected chi connectivity index (χ1v) is 24.7. The monoisotopic (exact) mass is 1000 g/mol. The minimum absolute atomic E-state index is 0.0563. The van der Waals surface area contributed by atoms with E-state index < -0.39 is 54.4 Å². The third-order valence-electron chi connectivity index (χ3n) is 15.7. The second kappa shape index (κ2) is 16.6. The van der Waals surface area contributed by atoms with Gasteiger partial charge in [-0.15, -0.1) is 0 Å². The van der Waals surface area contributed by atoms with Gasteiger partial charge in [0.1, 0.15) is 53.8 Å². The number of nitrogens with one attached hydrogen (secondary N) is 6. The number of amides is 2. The Labute approximate surface area is 413 Å². The van der Waals surface area contributed by atoms with Gasteiger partial charge in [-0.3, -0.25) is 9.50 Å². The van der Waals surface area contributed by atoms with Crippen LogP contribution in [0.25, 0.3) is 22.6 Å². The van der Waals surface area contributed by atoms with Crippen LogP contribution in [-0.4, -0.2) is 91.8 Å². The number of hydrogen-bond acceptors (Lipinski definition) is 12. The molecular weight excluding hydrogens is 955 g/mol. The highest BCUT2D eigenvalue weighted by atomic mass is 35.5. The first kappa shape index (κ1) is 44.5. The Hall–Kier alpha value is -7.41. The number of nitriles is 1. The van der Waals surface area contributed by atoms with Gasteiger partial charge in [0.15, 0.2) is 11.5 Å². The van der Waals surface area contributed by atoms with Crippen molar-refractivity contribution in [3.05, 3.63) is 94.7 Å². The smallest absolute Gasteiger partial charge is 0.407 e. The molecule has 19 nitrogen and oxygen atoms in total. The summed E-state index contributed by atoms with van der Waals surface area (Å²) in [5.41, 5.74) is 3.64. The molecule has 72 heavy (non-hydrogen) atoms. The van der Waals surface area contributed by atoms with Crippen molar-refractivity contribution in [2.24, 2.45) is 5.92 Å². The fourth-order valence-electron chi connectivity index (χ4n) is 11.3. The normalized spacial score (nSPS) is 28.5. The van der Waals surface area contributed by atoms with E-state index in [1.807, 2.05) is 17.7 Å². The third-order valence-corrected chi connectivity index (χ3v) is 16.0. The number of ether oxygens (including phenoxy) is 2. The highest BCUT2D eigenvalue weighted by Gasteiger charge is 2.58. The van der Waals surface area contributed by atoms with Crippen molar-refractivity contribution in [1.82, 2.24) is 54.7 Å². The quantitative estimate of drug-likeness (QED) is 0.0598. The van der Waals surface area contributed by atoms with E-state index in [-0.39, 0.29) is 33.8 Å². The van der Waals surface area contributed by atoms with Crippen molar-refractivity contribution < 1.29 is 36.9 Å². The summed E-state index contributed by atoms with van der Waals surface area (Å²) in [6, 6.07) is 11.6. The molecule has 0 aliphatic heterocycles. The molecule has 7 saturated carbocycles. The predicted molar refractivity (Wildman–Crippen MR) is 252 cm³/mol. The fourth-order valence-corrected chi connectivity index (χ4v) is 11.5. The molecule has 7 fully saturated rings. The van der Waals surface area contributed by atoms with E-state index in [0.29, 0.717) is 95.5 Å². The molecule has 370 valence electrons. The number of rotatable bonds is 13. The number of aromatic amines is 2. The van der Waals surface area contributed by atoms with Gasteiger partial charge in [-0.2, -0.15) is 20.0 Å². The average molecular weight is 1000 g/mol. The topological polar surface area (TPSA) is 233 Å². The maximum atomic E-state index is 16.4. The van der Waals surface area contributed by atoms with Gasteiger partial charge in [-0.1, -0.05) is 11.6 Å². The maximum Gasteiger partial charge on any atom is 0.407 e. The number of halogens is 4. The standard InChI is InChI=1S/C49H47ClF3N15O4/c1-48(8-9-48)61-46(69)71-37-7-4-27(42(37)53)34-16-40(60-45-58-32(15-39-55-10-11-66(39)45)24-2-5-31(51)30(50)12-24)68(65-34)35-13-28(35)29-21-56-44(67-22-25(20-54)57-43(29)67)59-38-14-33(63-64-38)26-3-6-36(41(26)52)72-47(70)62-49-17-23(18-49)19-49/h2,5,10-12,14-16,21-23,26-28,35-37,41-42H,3-4,6-9,13,17-19H2,1H3,(H5,55,56,57,58,59,60,61,62,63,64,65,69,70)/p+1/t23?,26-,27+,28?,35?,36-,37+,41+,42+,49?/m0/s1.